The zero-order chi connectivity index (χ0) is 17.8. The van der Waals surface area contributed by atoms with Gasteiger partial charge in [0.05, 0.1) is 6.20 Å². The average Bonchev–Trinajstić information content (AvgIpc) is 3.37. The summed E-state index contributed by atoms with van der Waals surface area (Å²) in [6.07, 6.45) is 5.59. The van der Waals surface area contributed by atoms with Crippen LogP contribution in [0.3, 0.4) is 0 Å². The van der Waals surface area contributed by atoms with Crippen LogP contribution < -0.4 is 5.32 Å². The third kappa shape index (κ3) is 4.03. The van der Waals surface area contributed by atoms with Crippen molar-refractivity contribution in [2.45, 2.75) is 25.4 Å². The minimum Gasteiger partial charge on any atom is -0.349 e. The molecule has 0 saturated carbocycles. The molecule has 0 spiro atoms. The van der Waals surface area contributed by atoms with E-state index in [1.165, 1.54) is 4.88 Å². The van der Waals surface area contributed by atoms with E-state index in [1.807, 2.05) is 41.8 Å². The van der Waals surface area contributed by atoms with Crippen molar-refractivity contribution in [1.29, 1.82) is 0 Å². The van der Waals surface area contributed by atoms with Gasteiger partial charge in [0.1, 0.15) is 0 Å². The Labute approximate surface area is 157 Å². The molecular weight excluding hydrogens is 344 g/mol. The number of nitrogens with zero attached hydrogens (tertiary/aromatic N) is 2. The van der Waals surface area contributed by atoms with Crippen LogP contribution in [-0.4, -0.2) is 40.1 Å². The van der Waals surface area contributed by atoms with Crippen LogP contribution in [0.2, 0.25) is 0 Å². The Morgan fingerprint density at radius 2 is 2.12 bits per heavy atom. The second-order valence-corrected chi connectivity index (χ2v) is 7.70. The molecule has 0 radical (unpaired) electrons. The van der Waals surface area contributed by atoms with Gasteiger partial charge in [-0.05, 0) is 42.0 Å². The predicted octanol–water partition coefficient (Wildman–Crippen LogP) is 3.53. The van der Waals surface area contributed by atoms with E-state index >= 15 is 0 Å². The number of likely N-dealkylation sites (tertiary alicyclic amines) is 1. The van der Waals surface area contributed by atoms with Gasteiger partial charge >= 0.3 is 0 Å². The average molecular weight is 366 g/mol. The van der Waals surface area contributed by atoms with E-state index in [1.54, 1.807) is 6.20 Å². The molecule has 0 bridgehead atoms. The highest BCUT2D eigenvalue weighted by molar-refractivity contribution is 7.09. The van der Waals surface area contributed by atoms with Crippen LogP contribution in [0, 0.1) is 0 Å². The number of H-pyrrole nitrogens is 1. The number of carbonyl (C=O) groups excluding carboxylic acids is 1. The van der Waals surface area contributed by atoms with Crippen molar-refractivity contribution >= 4 is 17.2 Å². The highest BCUT2D eigenvalue weighted by Crippen LogP contribution is 2.20. The Morgan fingerprint density at radius 1 is 1.23 bits per heavy atom. The first-order chi connectivity index (χ1) is 12.8. The van der Waals surface area contributed by atoms with Gasteiger partial charge in [-0.2, -0.15) is 5.10 Å². The van der Waals surface area contributed by atoms with Crippen molar-refractivity contribution in [2.24, 2.45) is 0 Å². The van der Waals surface area contributed by atoms with Gasteiger partial charge < -0.3 is 5.32 Å². The SMILES string of the molecule is O=C(NC1CCN(Cc2cccs2)CC1)c1cccc(-c2cn[nH]c2)c1. The first-order valence-electron chi connectivity index (χ1n) is 8.93. The van der Waals surface area contributed by atoms with Crippen molar-refractivity contribution in [3.63, 3.8) is 0 Å². The van der Waals surface area contributed by atoms with Crippen LogP contribution in [-0.2, 0) is 6.54 Å². The molecule has 0 aliphatic carbocycles. The van der Waals surface area contributed by atoms with E-state index in [2.05, 4.69) is 37.9 Å². The Morgan fingerprint density at radius 3 is 2.85 bits per heavy atom. The van der Waals surface area contributed by atoms with Gasteiger partial charge in [0, 0.05) is 47.9 Å². The lowest BCUT2D eigenvalue weighted by molar-refractivity contribution is 0.0909. The minimum atomic E-state index is 0.00653. The predicted molar refractivity (Wildman–Crippen MR) is 104 cm³/mol. The highest BCUT2D eigenvalue weighted by atomic mass is 32.1. The molecule has 3 heterocycles. The third-order valence-electron chi connectivity index (χ3n) is 4.84. The van der Waals surface area contributed by atoms with Gasteiger partial charge in [-0.3, -0.25) is 14.8 Å². The largest absolute Gasteiger partial charge is 0.349 e. The second kappa shape index (κ2) is 7.85. The molecule has 1 aromatic carbocycles. The van der Waals surface area contributed by atoms with Crippen LogP contribution in [0.25, 0.3) is 11.1 Å². The number of benzene rings is 1. The maximum atomic E-state index is 12.6. The van der Waals surface area contributed by atoms with E-state index in [-0.39, 0.29) is 11.9 Å². The number of aromatic amines is 1. The normalized spacial score (nSPS) is 15.8. The monoisotopic (exact) mass is 366 g/mol. The fraction of sp³-hybridized carbons (Fsp3) is 0.300. The fourth-order valence-corrected chi connectivity index (χ4v) is 4.12. The zero-order valence-corrected chi connectivity index (χ0v) is 15.3. The lowest BCUT2D eigenvalue weighted by atomic mass is 10.0. The van der Waals surface area contributed by atoms with Crippen molar-refractivity contribution < 1.29 is 4.79 Å². The number of aromatic nitrogens is 2. The van der Waals surface area contributed by atoms with Crippen molar-refractivity contribution in [3.8, 4) is 11.1 Å². The molecule has 6 heteroatoms. The smallest absolute Gasteiger partial charge is 0.251 e. The highest BCUT2D eigenvalue weighted by Gasteiger charge is 2.21. The third-order valence-corrected chi connectivity index (χ3v) is 5.70. The number of hydrogen-bond acceptors (Lipinski definition) is 4. The van der Waals surface area contributed by atoms with Crippen LogP contribution >= 0.6 is 11.3 Å². The molecule has 1 amide bonds. The molecule has 1 fully saturated rings. The van der Waals surface area contributed by atoms with Gasteiger partial charge in [-0.15, -0.1) is 11.3 Å². The maximum absolute atomic E-state index is 12.6. The molecule has 1 aliphatic heterocycles. The summed E-state index contributed by atoms with van der Waals surface area (Å²) in [5.41, 5.74) is 2.68. The molecule has 26 heavy (non-hydrogen) atoms. The maximum Gasteiger partial charge on any atom is 0.251 e. The van der Waals surface area contributed by atoms with Crippen molar-refractivity contribution in [2.75, 3.05) is 13.1 Å². The van der Waals surface area contributed by atoms with Gasteiger partial charge in [-0.1, -0.05) is 18.2 Å². The molecule has 134 valence electrons. The number of nitrogens with one attached hydrogen (secondary N) is 2. The number of rotatable bonds is 5. The first kappa shape index (κ1) is 17.0. The van der Waals surface area contributed by atoms with E-state index < -0.39 is 0 Å². The standard InChI is InChI=1S/C20H22N4OS/c25-20(16-4-1-3-15(11-16)17-12-21-22-13-17)23-18-6-8-24(9-7-18)14-19-5-2-10-26-19/h1-5,10-13,18H,6-9,14H2,(H,21,22)(H,23,25). The molecule has 1 aliphatic rings. The summed E-state index contributed by atoms with van der Waals surface area (Å²) in [6, 6.07) is 12.2. The molecule has 3 aromatic rings. The van der Waals surface area contributed by atoms with Gasteiger partial charge in [0.15, 0.2) is 0 Å². The minimum absolute atomic E-state index is 0.00653. The number of piperidine rings is 1. The van der Waals surface area contributed by atoms with E-state index in [9.17, 15) is 4.79 Å². The van der Waals surface area contributed by atoms with Crippen LogP contribution in [0.15, 0.2) is 54.2 Å². The summed E-state index contributed by atoms with van der Waals surface area (Å²) in [7, 11) is 0. The number of thiophene rings is 1. The number of hydrogen-bond donors (Lipinski definition) is 2. The quantitative estimate of drug-likeness (QED) is 0.726. The fourth-order valence-electron chi connectivity index (χ4n) is 3.38. The Bertz CT molecular complexity index is 837. The van der Waals surface area contributed by atoms with Gasteiger partial charge in [0.25, 0.3) is 5.91 Å². The van der Waals surface area contributed by atoms with Crippen LogP contribution in [0.4, 0.5) is 0 Å². The molecule has 5 nitrogen and oxygen atoms in total. The Balaban J connectivity index is 1.32. The first-order valence-corrected chi connectivity index (χ1v) is 9.81. The summed E-state index contributed by atoms with van der Waals surface area (Å²) in [4.78, 5) is 16.5. The van der Waals surface area contributed by atoms with Crippen molar-refractivity contribution in [1.82, 2.24) is 20.4 Å². The van der Waals surface area contributed by atoms with E-state index in [0.717, 1.165) is 43.6 Å². The summed E-state index contributed by atoms with van der Waals surface area (Å²) >= 11 is 1.81. The van der Waals surface area contributed by atoms with Crippen molar-refractivity contribution in [3.05, 3.63) is 64.6 Å². The molecule has 2 N–H and O–H groups in total. The lowest BCUT2D eigenvalue weighted by Crippen LogP contribution is -2.44. The van der Waals surface area contributed by atoms with E-state index in [4.69, 9.17) is 0 Å². The summed E-state index contributed by atoms with van der Waals surface area (Å²) < 4.78 is 0. The van der Waals surface area contributed by atoms with Crippen LogP contribution in [0.5, 0.6) is 0 Å². The summed E-state index contributed by atoms with van der Waals surface area (Å²) in [6.45, 7) is 3.07. The molecule has 4 rings (SSSR count). The summed E-state index contributed by atoms with van der Waals surface area (Å²) in [5, 5.41) is 12.1. The number of amides is 1. The van der Waals surface area contributed by atoms with Gasteiger partial charge in [-0.25, -0.2) is 0 Å². The molecule has 1 saturated heterocycles. The van der Waals surface area contributed by atoms with Gasteiger partial charge in [0.2, 0.25) is 0 Å². The Hall–Kier alpha value is -2.44. The number of carbonyl (C=O) groups is 1. The Kier molecular flexibility index (Phi) is 5.13. The lowest BCUT2D eigenvalue weighted by Gasteiger charge is -2.32. The molecular formula is C20H22N4OS. The molecule has 0 atom stereocenters. The second-order valence-electron chi connectivity index (χ2n) is 6.67. The summed E-state index contributed by atoms with van der Waals surface area (Å²) in [5.74, 6) is 0.00653. The molecule has 0 unspecified atom stereocenters. The van der Waals surface area contributed by atoms with E-state index in [0.29, 0.717) is 5.56 Å². The van der Waals surface area contributed by atoms with Crippen LogP contribution in [0.1, 0.15) is 28.1 Å². The topological polar surface area (TPSA) is 61.0 Å². The molecule has 2 aromatic heterocycles. The zero-order valence-electron chi connectivity index (χ0n) is 14.5.